The monoisotopic (exact) mass is 287 g/mol. The lowest BCUT2D eigenvalue weighted by Crippen LogP contribution is -1.91. The minimum absolute atomic E-state index is 0.302. The summed E-state index contributed by atoms with van der Waals surface area (Å²) in [5, 5.41) is 1.42. The molecule has 1 aromatic carbocycles. The third kappa shape index (κ3) is 2.49. The van der Waals surface area contributed by atoms with Gasteiger partial charge in [0, 0.05) is 22.3 Å². The van der Waals surface area contributed by atoms with E-state index < -0.39 is 0 Å². The van der Waals surface area contributed by atoms with Crippen LogP contribution < -0.4 is 4.74 Å². The molecular weight excluding hydrogens is 280 g/mol. The molecule has 2 rings (SSSR count). The molecular formula is C12H8Cl3NO. The first-order valence-electron chi connectivity index (χ1n) is 4.77. The van der Waals surface area contributed by atoms with Crippen LogP contribution in [-0.2, 0) is 0 Å². The van der Waals surface area contributed by atoms with E-state index in [0.717, 1.165) is 11.1 Å². The average molecular weight is 289 g/mol. The summed E-state index contributed by atoms with van der Waals surface area (Å²) in [6.07, 6.45) is 1.60. The summed E-state index contributed by atoms with van der Waals surface area (Å²) < 4.78 is 5.23. The highest BCUT2D eigenvalue weighted by Crippen LogP contribution is 2.38. The number of benzene rings is 1. The Kier molecular flexibility index (Phi) is 3.77. The molecule has 0 saturated heterocycles. The van der Waals surface area contributed by atoms with Crippen molar-refractivity contribution in [1.29, 1.82) is 0 Å². The van der Waals surface area contributed by atoms with Crippen LogP contribution in [0, 0.1) is 0 Å². The van der Waals surface area contributed by atoms with Gasteiger partial charge in [-0.1, -0.05) is 40.9 Å². The summed E-state index contributed by atoms with van der Waals surface area (Å²) in [7, 11) is 1.54. The molecule has 88 valence electrons. The Balaban J connectivity index is 2.64. The van der Waals surface area contributed by atoms with E-state index in [2.05, 4.69) is 4.98 Å². The lowest BCUT2D eigenvalue weighted by molar-refractivity contribution is 0.415. The summed E-state index contributed by atoms with van der Waals surface area (Å²) in [5.74, 6) is 0.499. The van der Waals surface area contributed by atoms with Crippen molar-refractivity contribution >= 4 is 34.8 Å². The van der Waals surface area contributed by atoms with Crippen molar-refractivity contribution in [3.8, 4) is 16.9 Å². The van der Waals surface area contributed by atoms with E-state index in [9.17, 15) is 0 Å². The van der Waals surface area contributed by atoms with Crippen molar-refractivity contribution in [3.63, 3.8) is 0 Å². The fourth-order valence-electron chi connectivity index (χ4n) is 1.54. The number of pyridine rings is 1. The number of ether oxygens (including phenoxy) is 1. The molecule has 0 amide bonds. The molecule has 0 aliphatic heterocycles. The number of methoxy groups -OCH3 is 1. The number of rotatable bonds is 2. The van der Waals surface area contributed by atoms with E-state index in [0.29, 0.717) is 20.9 Å². The van der Waals surface area contributed by atoms with Crippen molar-refractivity contribution in [1.82, 2.24) is 4.98 Å². The van der Waals surface area contributed by atoms with Crippen LogP contribution >= 0.6 is 34.8 Å². The molecule has 1 aromatic heterocycles. The maximum atomic E-state index is 6.14. The molecule has 2 aromatic rings. The van der Waals surface area contributed by atoms with Gasteiger partial charge in [0.05, 0.1) is 12.1 Å². The highest BCUT2D eigenvalue weighted by atomic mass is 35.5. The van der Waals surface area contributed by atoms with Gasteiger partial charge in [-0.05, 0) is 18.2 Å². The SMILES string of the molecule is COc1c(-c2ccc(Cl)cc2Cl)ccnc1Cl. The van der Waals surface area contributed by atoms with Gasteiger partial charge in [0.2, 0.25) is 0 Å². The van der Waals surface area contributed by atoms with Crippen LogP contribution in [0.25, 0.3) is 11.1 Å². The normalized spacial score (nSPS) is 10.4. The summed E-state index contributed by atoms with van der Waals surface area (Å²) in [4.78, 5) is 3.95. The molecule has 1 heterocycles. The van der Waals surface area contributed by atoms with Crippen LogP contribution in [0.3, 0.4) is 0 Å². The first-order chi connectivity index (χ1) is 8.13. The molecule has 0 radical (unpaired) electrons. The van der Waals surface area contributed by atoms with Gasteiger partial charge >= 0.3 is 0 Å². The quantitative estimate of drug-likeness (QED) is 0.746. The van der Waals surface area contributed by atoms with E-state index >= 15 is 0 Å². The van der Waals surface area contributed by atoms with Crippen molar-refractivity contribution in [2.45, 2.75) is 0 Å². The van der Waals surface area contributed by atoms with Gasteiger partial charge in [0.25, 0.3) is 0 Å². The minimum atomic E-state index is 0.302. The Labute approximate surface area is 114 Å². The summed E-state index contributed by atoms with van der Waals surface area (Å²) in [5.41, 5.74) is 1.59. The molecule has 0 fully saturated rings. The minimum Gasteiger partial charge on any atom is -0.493 e. The maximum Gasteiger partial charge on any atom is 0.171 e. The van der Waals surface area contributed by atoms with E-state index in [1.807, 2.05) is 6.07 Å². The van der Waals surface area contributed by atoms with Gasteiger partial charge in [-0.25, -0.2) is 4.98 Å². The smallest absolute Gasteiger partial charge is 0.171 e. The molecule has 2 nitrogen and oxygen atoms in total. The average Bonchev–Trinajstić information content (AvgIpc) is 2.29. The second kappa shape index (κ2) is 5.13. The number of hydrogen-bond acceptors (Lipinski definition) is 2. The predicted molar refractivity (Wildman–Crippen MR) is 71.3 cm³/mol. The van der Waals surface area contributed by atoms with Crippen LogP contribution in [0.1, 0.15) is 0 Å². The largest absolute Gasteiger partial charge is 0.493 e. The van der Waals surface area contributed by atoms with Gasteiger partial charge in [-0.15, -0.1) is 0 Å². The van der Waals surface area contributed by atoms with E-state index in [1.54, 1.807) is 24.4 Å². The van der Waals surface area contributed by atoms with Crippen molar-refractivity contribution < 1.29 is 4.74 Å². The first-order valence-corrected chi connectivity index (χ1v) is 5.91. The molecule has 17 heavy (non-hydrogen) atoms. The van der Waals surface area contributed by atoms with Crippen molar-refractivity contribution in [2.24, 2.45) is 0 Å². The topological polar surface area (TPSA) is 22.1 Å². The Morgan fingerprint density at radius 3 is 2.47 bits per heavy atom. The van der Waals surface area contributed by atoms with Gasteiger partial charge in [0.1, 0.15) is 0 Å². The van der Waals surface area contributed by atoms with Crippen LogP contribution in [0.15, 0.2) is 30.5 Å². The molecule has 5 heteroatoms. The number of aromatic nitrogens is 1. The predicted octanol–water partition coefficient (Wildman–Crippen LogP) is 4.72. The summed E-state index contributed by atoms with van der Waals surface area (Å²) in [6, 6.07) is 7.04. The van der Waals surface area contributed by atoms with Gasteiger partial charge in [-0.2, -0.15) is 0 Å². The zero-order valence-electron chi connectivity index (χ0n) is 8.88. The van der Waals surface area contributed by atoms with Gasteiger partial charge < -0.3 is 4.74 Å². The van der Waals surface area contributed by atoms with E-state index in [4.69, 9.17) is 39.5 Å². The highest BCUT2D eigenvalue weighted by molar-refractivity contribution is 6.36. The molecule has 0 bridgehead atoms. The zero-order chi connectivity index (χ0) is 12.4. The van der Waals surface area contributed by atoms with Gasteiger partial charge in [-0.3, -0.25) is 0 Å². The molecule has 0 N–H and O–H groups in total. The Bertz CT molecular complexity index is 557. The third-order valence-electron chi connectivity index (χ3n) is 2.29. The fourth-order valence-corrected chi connectivity index (χ4v) is 2.28. The Morgan fingerprint density at radius 2 is 1.82 bits per heavy atom. The lowest BCUT2D eigenvalue weighted by Gasteiger charge is -2.10. The van der Waals surface area contributed by atoms with E-state index in [1.165, 1.54) is 7.11 Å². The standard InChI is InChI=1S/C12H8Cl3NO/c1-17-11-9(4-5-16-12(11)15)8-3-2-7(13)6-10(8)14/h2-6H,1H3. The highest BCUT2D eigenvalue weighted by Gasteiger charge is 2.13. The summed E-state index contributed by atoms with van der Waals surface area (Å²) >= 11 is 18.0. The fraction of sp³-hybridized carbons (Fsp3) is 0.0833. The number of hydrogen-bond donors (Lipinski definition) is 0. The molecule has 0 saturated carbocycles. The second-order valence-corrected chi connectivity index (χ2v) is 4.51. The molecule has 0 unspecified atom stereocenters. The molecule has 0 aliphatic carbocycles. The molecule has 0 aliphatic rings. The Morgan fingerprint density at radius 1 is 1.06 bits per heavy atom. The van der Waals surface area contributed by atoms with E-state index in [-0.39, 0.29) is 0 Å². The second-order valence-electron chi connectivity index (χ2n) is 3.31. The lowest BCUT2D eigenvalue weighted by atomic mass is 10.1. The van der Waals surface area contributed by atoms with Crippen LogP contribution in [-0.4, -0.2) is 12.1 Å². The summed E-state index contributed by atoms with van der Waals surface area (Å²) in [6.45, 7) is 0. The Hall–Kier alpha value is -0.960. The van der Waals surface area contributed by atoms with Gasteiger partial charge in [0.15, 0.2) is 10.9 Å². The maximum absolute atomic E-state index is 6.14. The zero-order valence-corrected chi connectivity index (χ0v) is 11.1. The van der Waals surface area contributed by atoms with Crippen LogP contribution in [0.4, 0.5) is 0 Å². The molecule has 0 spiro atoms. The number of halogens is 3. The van der Waals surface area contributed by atoms with Crippen molar-refractivity contribution in [3.05, 3.63) is 45.7 Å². The van der Waals surface area contributed by atoms with Crippen molar-refractivity contribution in [2.75, 3.05) is 7.11 Å². The number of nitrogens with zero attached hydrogens (tertiary/aromatic N) is 1. The van der Waals surface area contributed by atoms with Crippen LogP contribution in [0.5, 0.6) is 5.75 Å². The third-order valence-corrected chi connectivity index (χ3v) is 3.10. The molecule has 0 atom stereocenters. The van der Waals surface area contributed by atoms with Crippen LogP contribution in [0.2, 0.25) is 15.2 Å². The first kappa shape index (κ1) is 12.5.